The normalized spacial score (nSPS) is 19.8. The van der Waals surface area contributed by atoms with Crippen molar-refractivity contribution in [1.82, 2.24) is 4.57 Å². The molecule has 2 aliphatic heterocycles. The van der Waals surface area contributed by atoms with Crippen LogP contribution in [0.2, 0.25) is 0 Å². The predicted molar refractivity (Wildman–Crippen MR) is 211 cm³/mol. The van der Waals surface area contributed by atoms with Gasteiger partial charge in [0.25, 0.3) is 0 Å². The first kappa shape index (κ1) is 29.4. The van der Waals surface area contributed by atoms with E-state index in [1.54, 1.807) is 0 Å². The van der Waals surface area contributed by atoms with Gasteiger partial charge in [0.2, 0.25) is 0 Å². The van der Waals surface area contributed by atoms with Crippen LogP contribution in [0.15, 0.2) is 187 Å². The van der Waals surface area contributed by atoms with Crippen LogP contribution in [0.3, 0.4) is 0 Å². The summed E-state index contributed by atoms with van der Waals surface area (Å²) in [5, 5.41) is 2.46. The molecule has 11 rings (SSSR count). The monoisotopic (exact) mass is 669 g/mol. The maximum Gasteiger partial charge on any atom is 0.139 e. The molecule has 0 saturated carbocycles. The first-order chi connectivity index (χ1) is 25.8. The molecular weight excluding hydrogens is 635 g/mol. The van der Waals surface area contributed by atoms with Crippen LogP contribution in [0.5, 0.6) is 11.5 Å². The van der Waals surface area contributed by atoms with Crippen LogP contribution < -0.4 is 9.47 Å². The molecule has 2 aliphatic carbocycles. The molecule has 248 valence electrons. The van der Waals surface area contributed by atoms with Crippen LogP contribution >= 0.6 is 0 Å². The molecule has 0 radical (unpaired) electrons. The first-order valence-corrected chi connectivity index (χ1v) is 18.3. The average molecular weight is 670 g/mol. The third-order valence-electron chi connectivity index (χ3n) is 11.6. The van der Waals surface area contributed by atoms with Crippen molar-refractivity contribution in [1.29, 1.82) is 0 Å². The molecule has 0 fully saturated rings. The molecule has 7 aromatic rings. The Balaban J connectivity index is 1.17. The lowest BCUT2D eigenvalue weighted by atomic mass is 9.56. The molecule has 2 unspecified atom stereocenters. The zero-order valence-corrected chi connectivity index (χ0v) is 28.6. The van der Waals surface area contributed by atoms with Gasteiger partial charge < -0.3 is 14.0 Å². The van der Waals surface area contributed by atoms with E-state index in [1.807, 2.05) is 0 Å². The third-order valence-corrected chi connectivity index (χ3v) is 11.6. The molecule has 0 saturated heterocycles. The molecule has 3 nitrogen and oxygen atoms in total. The van der Waals surface area contributed by atoms with Crippen LogP contribution in [0.4, 0.5) is 0 Å². The number of para-hydroxylation sites is 3. The Morgan fingerprint density at radius 3 is 2.33 bits per heavy atom. The summed E-state index contributed by atoms with van der Waals surface area (Å²) in [5.41, 5.74) is 11.3. The van der Waals surface area contributed by atoms with E-state index in [-0.39, 0.29) is 5.92 Å². The molecule has 0 N–H and O–H groups in total. The fraction of sp³-hybridized carbons (Fsp3) is 0.102. The molecule has 0 amide bonds. The van der Waals surface area contributed by atoms with Gasteiger partial charge in [0.15, 0.2) is 0 Å². The van der Waals surface area contributed by atoms with Crippen molar-refractivity contribution in [2.24, 2.45) is 5.92 Å². The molecule has 4 aliphatic rings. The van der Waals surface area contributed by atoms with Gasteiger partial charge in [-0.05, 0) is 72.0 Å². The molecule has 6 aromatic carbocycles. The van der Waals surface area contributed by atoms with Crippen LogP contribution in [0.25, 0.3) is 49.7 Å². The highest BCUT2D eigenvalue weighted by Gasteiger charge is 2.56. The molecule has 52 heavy (non-hydrogen) atoms. The predicted octanol–water partition coefficient (Wildman–Crippen LogP) is 12.3. The van der Waals surface area contributed by atoms with Crippen LogP contribution in [0, 0.1) is 5.92 Å². The Kier molecular flexibility index (Phi) is 6.42. The number of aromatic nitrogens is 1. The highest BCUT2D eigenvalue weighted by molar-refractivity contribution is 6.10. The maximum absolute atomic E-state index is 7.13. The summed E-state index contributed by atoms with van der Waals surface area (Å²) in [6, 6.07) is 50.5. The Hall–Kier alpha value is -6.32. The molecule has 3 heteroatoms. The Labute approximate surface area is 303 Å². The summed E-state index contributed by atoms with van der Waals surface area (Å²) in [6.07, 6.45) is 14.0. The van der Waals surface area contributed by atoms with Crippen LogP contribution in [-0.4, -0.2) is 4.57 Å². The largest absolute Gasteiger partial charge is 0.461 e. The molecule has 0 bridgehead atoms. The van der Waals surface area contributed by atoms with Gasteiger partial charge in [-0.1, -0.05) is 127 Å². The van der Waals surface area contributed by atoms with Crippen LogP contribution in [0.1, 0.15) is 30.4 Å². The first-order valence-electron chi connectivity index (χ1n) is 18.3. The Morgan fingerprint density at radius 2 is 1.42 bits per heavy atom. The van der Waals surface area contributed by atoms with Gasteiger partial charge >= 0.3 is 0 Å². The van der Waals surface area contributed by atoms with Gasteiger partial charge in [-0.15, -0.1) is 0 Å². The number of nitrogens with zero attached hydrogens (tertiary/aromatic N) is 1. The van der Waals surface area contributed by atoms with E-state index in [0.29, 0.717) is 0 Å². The van der Waals surface area contributed by atoms with Crippen molar-refractivity contribution >= 4 is 21.8 Å². The third kappa shape index (κ3) is 4.14. The number of benzene rings is 6. The zero-order chi connectivity index (χ0) is 34.2. The highest BCUT2D eigenvalue weighted by Crippen LogP contribution is 2.63. The second-order valence-corrected chi connectivity index (χ2v) is 14.3. The minimum Gasteiger partial charge on any atom is -0.461 e. The fourth-order valence-electron chi connectivity index (χ4n) is 9.38. The summed E-state index contributed by atoms with van der Waals surface area (Å²) < 4.78 is 16.4. The standard InChI is InChI=1S/C49H35NO2/c1-3-14-32(15-4-1)33-26-28-41-47(31-33)51-45-24-11-8-20-39(45)49(41)40-21-9-12-25-46(40)52-48-36(19-13-22-42(48)49)34-27-29-44-38(30-34)37-18-7-10-23-43(37)50(44)35-16-5-2-6-17-35/h1-10,12-20,22-23,25-31,40H,11,21,24H2. The van der Waals surface area contributed by atoms with Crippen molar-refractivity contribution in [3.63, 3.8) is 0 Å². The van der Waals surface area contributed by atoms with E-state index in [0.717, 1.165) is 64.7 Å². The SMILES string of the molecule is C1=CCC2C(=C1)Oc1c(-c3ccc4c(c3)c3ccccc3n4-c3ccccc3)cccc1C21C2=C(CCC=C2)Oc2cc(-c3ccccc3)ccc21. The minimum absolute atomic E-state index is 0.0875. The van der Waals surface area contributed by atoms with Crippen LogP contribution in [-0.2, 0) is 5.41 Å². The van der Waals surface area contributed by atoms with Crippen molar-refractivity contribution in [2.75, 3.05) is 0 Å². The number of rotatable bonds is 3. The highest BCUT2D eigenvalue weighted by atomic mass is 16.5. The Bertz CT molecular complexity index is 2710. The fourth-order valence-corrected chi connectivity index (χ4v) is 9.38. The zero-order valence-electron chi connectivity index (χ0n) is 28.6. The van der Waals surface area contributed by atoms with E-state index in [4.69, 9.17) is 9.47 Å². The number of ether oxygens (including phenoxy) is 2. The maximum atomic E-state index is 7.13. The van der Waals surface area contributed by atoms with E-state index >= 15 is 0 Å². The van der Waals surface area contributed by atoms with Crippen molar-refractivity contribution in [3.8, 4) is 39.4 Å². The number of hydrogen-bond acceptors (Lipinski definition) is 2. The molecule has 3 heterocycles. The molecular formula is C49H35NO2. The quantitative estimate of drug-likeness (QED) is 0.187. The van der Waals surface area contributed by atoms with Gasteiger partial charge in [-0.3, -0.25) is 0 Å². The lowest BCUT2D eigenvalue weighted by molar-refractivity contribution is 0.229. The number of hydrogen-bond donors (Lipinski definition) is 0. The number of fused-ring (bicyclic) bond motifs is 10. The number of allylic oxidation sites excluding steroid dienone is 8. The summed E-state index contributed by atoms with van der Waals surface area (Å²) >= 11 is 0. The summed E-state index contributed by atoms with van der Waals surface area (Å²) in [6.45, 7) is 0. The van der Waals surface area contributed by atoms with E-state index < -0.39 is 5.41 Å². The van der Waals surface area contributed by atoms with E-state index in [9.17, 15) is 0 Å². The molecule has 1 aromatic heterocycles. The second kappa shape index (κ2) is 11.3. The lowest BCUT2D eigenvalue weighted by Crippen LogP contribution is -2.46. The Morgan fingerprint density at radius 1 is 0.615 bits per heavy atom. The average Bonchev–Trinajstić information content (AvgIpc) is 3.55. The summed E-state index contributed by atoms with van der Waals surface area (Å²) in [7, 11) is 0. The van der Waals surface area contributed by atoms with Gasteiger partial charge in [0.05, 0.1) is 16.4 Å². The van der Waals surface area contributed by atoms with Crippen molar-refractivity contribution in [3.05, 3.63) is 198 Å². The topological polar surface area (TPSA) is 23.4 Å². The van der Waals surface area contributed by atoms with Gasteiger partial charge in [0, 0.05) is 51.1 Å². The second-order valence-electron chi connectivity index (χ2n) is 14.3. The lowest BCUT2D eigenvalue weighted by Gasteiger charge is -2.51. The van der Waals surface area contributed by atoms with Crippen molar-refractivity contribution < 1.29 is 9.47 Å². The molecule has 1 spiro atoms. The van der Waals surface area contributed by atoms with Gasteiger partial charge in [-0.25, -0.2) is 0 Å². The van der Waals surface area contributed by atoms with Gasteiger partial charge in [0.1, 0.15) is 23.0 Å². The molecule has 2 atom stereocenters. The summed E-state index contributed by atoms with van der Waals surface area (Å²) in [5.74, 6) is 4.04. The van der Waals surface area contributed by atoms with E-state index in [2.05, 4.69) is 174 Å². The minimum atomic E-state index is -0.483. The van der Waals surface area contributed by atoms with Crippen molar-refractivity contribution in [2.45, 2.75) is 24.7 Å². The van der Waals surface area contributed by atoms with E-state index in [1.165, 1.54) is 44.1 Å². The summed E-state index contributed by atoms with van der Waals surface area (Å²) in [4.78, 5) is 0. The smallest absolute Gasteiger partial charge is 0.139 e. The van der Waals surface area contributed by atoms with Gasteiger partial charge in [-0.2, -0.15) is 0 Å².